The number of halogens is 1. The minimum atomic E-state index is 0. The maximum atomic E-state index is 4.85. The van der Waals surface area contributed by atoms with Crippen LogP contribution in [0.4, 0.5) is 0 Å². The van der Waals surface area contributed by atoms with E-state index in [1.165, 1.54) is 5.56 Å². The summed E-state index contributed by atoms with van der Waals surface area (Å²) in [4.78, 5) is 15.6. The normalized spacial score (nSPS) is 20.5. The van der Waals surface area contributed by atoms with E-state index in [9.17, 15) is 0 Å². The molecule has 26 heavy (non-hydrogen) atoms. The van der Waals surface area contributed by atoms with Gasteiger partial charge in [-0.2, -0.15) is 0 Å². The van der Waals surface area contributed by atoms with Crippen molar-refractivity contribution in [3.8, 4) is 0 Å². The van der Waals surface area contributed by atoms with Crippen LogP contribution in [0.3, 0.4) is 0 Å². The van der Waals surface area contributed by atoms with Crippen molar-refractivity contribution in [3.63, 3.8) is 0 Å². The Balaban J connectivity index is 0.00000243. The number of likely N-dealkylation sites (tertiary alicyclic amines) is 1. The molecule has 0 bridgehead atoms. The molecule has 1 N–H and O–H groups in total. The summed E-state index contributed by atoms with van der Waals surface area (Å²) in [5, 5.41) is 3.45. The highest BCUT2D eigenvalue weighted by Crippen LogP contribution is 2.27. The number of rotatable bonds is 5. The quantitative estimate of drug-likeness (QED) is 0.417. The molecule has 1 aliphatic heterocycles. The van der Waals surface area contributed by atoms with E-state index in [0.717, 1.165) is 45.0 Å². The molecule has 3 heterocycles. The van der Waals surface area contributed by atoms with Crippen LogP contribution in [-0.4, -0.2) is 51.6 Å². The lowest BCUT2D eigenvalue weighted by Gasteiger charge is -2.39. The molecule has 0 spiro atoms. The number of aliphatic imine (C=N–C) groups is 1. The van der Waals surface area contributed by atoms with E-state index in [-0.39, 0.29) is 24.0 Å². The van der Waals surface area contributed by atoms with Crippen molar-refractivity contribution in [3.05, 3.63) is 48.8 Å². The Bertz CT molecular complexity index is 658. The van der Waals surface area contributed by atoms with Gasteiger partial charge in [0.2, 0.25) is 0 Å². The number of hydrogen-bond acceptors (Lipinski definition) is 3. The minimum absolute atomic E-state index is 0. The number of nitrogens with zero attached hydrogens (tertiary/aromatic N) is 5. The van der Waals surface area contributed by atoms with Gasteiger partial charge in [-0.1, -0.05) is 13.0 Å². The van der Waals surface area contributed by atoms with Crippen molar-refractivity contribution >= 4 is 29.9 Å². The number of pyridine rings is 1. The van der Waals surface area contributed by atoms with Crippen molar-refractivity contribution in [2.75, 3.05) is 26.2 Å². The predicted octanol–water partition coefficient (Wildman–Crippen LogP) is 2.99. The first-order valence-electron chi connectivity index (χ1n) is 9.17. The molecule has 1 saturated heterocycles. The van der Waals surface area contributed by atoms with E-state index in [2.05, 4.69) is 50.9 Å². The van der Waals surface area contributed by atoms with Crippen molar-refractivity contribution in [1.29, 1.82) is 0 Å². The fourth-order valence-corrected chi connectivity index (χ4v) is 3.36. The van der Waals surface area contributed by atoms with Gasteiger partial charge in [0.1, 0.15) is 0 Å². The Morgan fingerprint density at radius 3 is 2.92 bits per heavy atom. The minimum Gasteiger partial charge on any atom is -0.357 e. The molecule has 7 heteroatoms. The van der Waals surface area contributed by atoms with E-state index >= 15 is 0 Å². The van der Waals surface area contributed by atoms with Crippen molar-refractivity contribution in [1.82, 2.24) is 24.8 Å². The standard InChI is InChI=1S/C19H28N6.HI/c1-3-22-19(23-9-6-17-5-4-8-20-13-17)24-11-7-16(2)18(14-24)25-12-10-21-15-25;/h4-5,8,10,12-13,15-16,18H,3,6-7,9,11,14H2,1-2H3,(H,22,23);1H. The topological polar surface area (TPSA) is 58.3 Å². The molecule has 0 aromatic carbocycles. The Kier molecular flexibility index (Phi) is 8.34. The van der Waals surface area contributed by atoms with Gasteiger partial charge in [0.05, 0.1) is 12.4 Å². The maximum absolute atomic E-state index is 4.85. The van der Waals surface area contributed by atoms with Gasteiger partial charge in [-0.3, -0.25) is 9.98 Å². The Morgan fingerprint density at radius 1 is 1.35 bits per heavy atom. The number of hydrogen-bond donors (Lipinski definition) is 1. The molecule has 1 aliphatic rings. The highest BCUT2D eigenvalue weighted by molar-refractivity contribution is 14.0. The first-order chi connectivity index (χ1) is 12.3. The summed E-state index contributed by atoms with van der Waals surface area (Å²) >= 11 is 0. The van der Waals surface area contributed by atoms with Gasteiger partial charge in [-0.15, -0.1) is 24.0 Å². The van der Waals surface area contributed by atoms with Crippen molar-refractivity contribution < 1.29 is 0 Å². The lowest BCUT2D eigenvalue weighted by molar-refractivity contribution is 0.189. The first-order valence-corrected chi connectivity index (χ1v) is 9.17. The SMILES string of the molecule is CCNC(=NCCc1cccnc1)N1CCC(C)C(n2ccnc2)C1.I. The Labute approximate surface area is 173 Å². The average Bonchev–Trinajstić information content (AvgIpc) is 3.17. The van der Waals surface area contributed by atoms with E-state index in [0.29, 0.717) is 12.0 Å². The van der Waals surface area contributed by atoms with Crippen LogP contribution in [0, 0.1) is 5.92 Å². The zero-order chi connectivity index (χ0) is 17.5. The van der Waals surface area contributed by atoms with E-state index in [4.69, 9.17) is 4.99 Å². The molecule has 0 amide bonds. The van der Waals surface area contributed by atoms with Crippen molar-refractivity contribution in [2.24, 2.45) is 10.9 Å². The molecule has 0 aliphatic carbocycles. The van der Waals surface area contributed by atoms with Gasteiger partial charge in [0, 0.05) is 51.0 Å². The van der Waals surface area contributed by atoms with Crippen LogP contribution in [-0.2, 0) is 6.42 Å². The van der Waals surface area contributed by atoms with E-state index in [1.807, 2.05) is 31.0 Å². The summed E-state index contributed by atoms with van der Waals surface area (Å²) in [7, 11) is 0. The van der Waals surface area contributed by atoms with Gasteiger partial charge < -0.3 is 14.8 Å². The molecular weight excluding hydrogens is 439 g/mol. The zero-order valence-electron chi connectivity index (χ0n) is 15.6. The molecule has 0 saturated carbocycles. The average molecular weight is 468 g/mol. The number of guanidine groups is 1. The van der Waals surface area contributed by atoms with E-state index < -0.39 is 0 Å². The van der Waals surface area contributed by atoms with Crippen LogP contribution in [0.1, 0.15) is 31.9 Å². The molecule has 6 nitrogen and oxygen atoms in total. The third-order valence-corrected chi connectivity index (χ3v) is 4.85. The van der Waals surface area contributed by atoms with E-state index in [1.54, 1.807) is 0 Å². The van der Waals surface area contributed by atoms with Crippen LogP contribution in [0.15, 0.2) is 48.2 Å². The third-order valence-electron chi connectivity index (χ3n) is 4.85. The molecule has 0 radical (unpaired) electrons. The summed E-state index contributed by atoms with van der Waals surface area (Å²) in [6.45, 7) is 8.12. The highest BCUT2D eigenvalue weighted by atomic mass is 127. The second-order valence-electron chi connectivity index (χ2n) is 6.64. The number of piperidine rings is 1. The number of nitrogens with one attached hydrogen (secondary N) is 1. The molecule has 142 valence electrons. The summed E-state index contributed by atoms with van der Waals surface area (Å²) < 4.78 is 2.23. The predicted molar refractivity (Wildman–Crippen MR) is 116 cm³/mol. The van der Waals surface area contributed by atoms with Gasteiger partial charge in [-0.25, -0.2) is 4.98 Å². The molecular formula is C19H29IN6. The molecule has 2 aromatic rings. The zero-order valence-corrected chi connectivity index (χ0v) is 17.9. The Morgan fingerprint density at radius 2 is 2.23 bits per heavy atom. The summed E-state index contributed by atoms with van der Waals surface area (Å²) in [6.07, 6.45) is 11.7. The van der Waals surface area contributed by atoms with Gasteiger partial charge in [0.15, 0.2) is 5.96 Å². The van der Waals surface area contributed by atoms with Crippen LogP contribution >= 0.6 is 24.0 Å². The fraction of sp³-hybridized carbons (Fsp3) is 0.526. The third kappa shape index (κ3) is 5.43. The van der Waals surface area contributed by atoms with Crippen LogP contribution < -0.4 is 5.32 Å². The summed E-state index contributed by atoms with van der Waals surface area (Å²) in [5.74, 6) is 1.66. The number of imidazole rings is 1. The Hall–Kier alpha value is -1.64. The second kappa shape index (κ2) is 10.5. The largest absolute Gasteiger partial charge is 0.357 e. The number of aromatic nitrogens is 3. The fourth-order valence-electron chi connectivity index (χ4n) is 3.36. The van der Waals surface area contributed by atoms with Gasteiger partial charge in [-0.05, 0) is 37.3 Å². The smallest absolute Gasteiger partial charge is 0.193 e. The molecule has 3 rings (SSSR count). The summed E-state index contributed by atoms with van der Waals surface area (Å²) in [6, 6.07) is 4.53. The summed E-state index contributed by atoms with van der Waals surface area (Å²) in [5.41, 5.74) is 1.23. The van der Waals surface area contributed by atoms with Gasteiger partial charge >= 0.3 is 0 Å². The lowest BCUT2D eigenvalue weighted by Crippen LogP contribution is -2.49. The maximum Gasteiger partial charge on any atom is 0.193 e. The first kappa shape index (κ1) is 20.7. The lowest BCUT2D eigenvalue weighted by atomic mass is 9.93. The molecule has 1 fully saturated rings. The molecule has 2 atom stereocenters. The highest BCUT2D eigenvalue weighted by Gasteiger charge is 2.28. The molecule has 2 unspecified atom stereocenters. The monoisotopic (exact) mass is 468 g/mol. The van der Waals surface area contributed by atoms with Crippen molar-refractivity contribution in [2.45, 2.75) is 32.7 Å². The second-order valence-corrected chi connectivity index (χ2v) is 6.64. The van der Waals surface area contributed by atoms with Crippen LogP contribution in [0.5, 0.6) is 0 Å². The van der Waals surface area contributed by atoms with Crippen LogP contribution in [0.2, 0.25) is 0 Å². The van der Waals surface area contributed by atoms with Crippen LogP contribution in [0.25, 0.3) is 0 Å². The molecule has 2 aromatic heterocycles. The van der Waals surface area contributed by atoms with Gasteiger partial charge in [0.25, 0.3) is 0 Å².